The molecule has 4 rings (SSSR count). The number of Topliss-reactive ketones (excluding diaryl/α,β-unsaturated/α-hetero) is 1. The van der Waals surface area contributed by atoms with Crippen molar-refractivity contribution in [1.29, 1.82) is 0 Å². The lowest BCUT2D eigenvalue weighted by atomic mass is 10.0. The van der Waals surface area contributed by atoms with Gasteiger partial charge >= 0.3 is 0 Å². The van der Waals surface area contributed by atoms with Gasteiger partial charge in [0.2, 0.25) is 5.91 Å². The molecule has 3 atom stereocenters. The number of phenolic OH excluding ortho intramolecular Hbond substituents is 1. The van der Waals surface area contributed by atoms with Gasteiger partial charge in [0.05, 0.1) is 17.9 Å². The van der Waals surface area contributed by atoms with Crippen LogP contribution in [0.2, 0.25) is 0 Å². The van der Waals surface area contributed by atoms with Gasteiger partial charge in [0.1, 0.15) is 30.7 Å². The number of rotatable bonds is 5. The van der Waals surface area contributed by atoms with Crippen LogP contribution in [-0.2, 0) is 20.7 Å². The van der Waals surface area contributed by atoms with E-state index in [0.717, 1.165) is 5.56 Å². The Balaban J connectivity index is 1.56. The van der Waals surface area contributed by atoms with Gasteiger partial charge in [-0.05, 0) is 30.2 Å². The minimum Gasteiger partial charge on any atom is -0.508 e. The molecule has 1 aromatic carbocycles. The molecule has 0 spiro atoms. The molecule has 3 unspecified atom stereocenters. The number of nitrogens with zero attached hydrogens (tertiary/aromatic N) is 1. The van der Waals surface area contributed by atoms with E-state index in [1.165, 1.54) is 35.6 Å². The van der Waals surface area contributed by atoms with Crippen molar-refractivity contribution >= 4 is 17.6 Å². The number of carbonyl (C=O) groups excluding carboxylic acids is 3. The second-order valence-electron chi connectivity index (χ2n) is 6.99. The van der Waals surface area contributed by atoms with Crippen LogP contribution in [0, 0.1) is 0 Å². The maximum absolute atomic E-state index is 13.2. The SMILES string of the molecule is O=C(NC(Cc1ccc(O)cc1)C(=O)N1CCC2OCC(=O)C21)c1ccoc1. The molecule has 2 aromatic rings. The Kier molecular flexibility index (Phi) is 4.87. The monoisotopic (exact) mass is 384 g/mol. The van der Waals surface area contributed by atoms with Crippen LogP contribution in [-0.4, -0.2) is 58.9 Å². The maximum atomic E-state index is 13.2. The number of nitrogens with one attached hydrogen (secondary N) is 1. The fourth-order valence-corrected chi connectivity index (χ4v) is 3.74. The highest BCUT2D eigenvalue weighted by Gasteiger charge is 2.48. The first-order chi connectivity index (χ1) is 13.5. The zero-order chi connectivity index (χ0) is 19.7. The number of fused-ring (bicyclic) bond motifs is 1. The lowest BCUT2D eigenvalue weighted by Crippen LogP contribution is -2.53. The van der Waals surface area contributed by atoms with Crippen LogP contribution in [0.5, 0.6) is 5.75 Å². The Morgan fingerprint density at radius 1 is 1.25 bits per heavy atom. The third-order valence-electron chi connectivity index (χ3n) is 5.16. The van der Waals surface area contributed by atoms with Gasteiger partial charge < -0.3 is 24.5 Å². The quantitative estimate of drug-likeness (QED) is 0.793. The lowest BCUT2D eigenvalue weighted by Gasteiger charge is -2.27. The first-order valence-electron chi connectivity index (χ1n) is 9.08. The van der Waals surface area contributed by atoms with Gasteiger partial charge in [0.15, 0.2) is 5.78 Å². The summed E-state index contributed by atoms with van der Waals surface area (Å²) in [6, 6.07) is 6.49. The molecule has 8 nitrogen and oxygen atoms in total. The molecule has 8 heteroatoms. The average Bonchev–Trinajstić information content (AvgIpc) is 3.42. The molecule has 0 saturated carbocycles. The molecule has 1 aromatic heterocycles. The van der Waals surface area contributed by atoms with Crippen LogP contribution in [0.4, 0.5) is 0 Å². The third kappa shape index (κ3) is 3.50. The van der Waals surface area contributed by atoms with Gasteiger partial charge in [-0.2, -0.15) is 0 Å². The average molecular weight is 384 g/mol. The Hall–Kier alpha value is -3.13. The number of carbonyl (C=O) groups is 3. The Morgan fingerprint density at radius 2 is 2.04 bits per heavy atom. The van der Waals surface area contributed by atoms with Crippen LogP contribution >= 0.6 is 0 Å². The molecule has 2 fully saturated rings. The van der Waals surface area contributed by atoms with E-state index in [1.54, 1.807) is 12.1 Å². The molecule has 28 heavy (non-hydrogen) atoms. The van der Waals surface area contributed by atoms with Gasteiger partial charge in [-0.3, -0.25) is 14.4 Å². The van der Waals surface area contributed by atoms with Crippen LogP contribution in [0.1, 0.15) is 22.3 Å². The zero-order valence-corrected chi connectivity index (χ0v) is 15.0. The fraction of sp³-hybridized carbons (Fsp3) is 0.350. The predicted octanol–water partition coefficient (Wildman–Crippen LogP) is 0.895. The summed E-state index contributed by atoms with van der Waals surface area (Å²) in [6.45, 7) is 0.427. The van der Waals surface area contributed by atoms with Crippen LogP contribution in [0.15, 0.2) is 47.3 Å². The number of benzene rings is 1. The number of phenols is 1. The van der Waals surface area contributed by atoms with E-state index in [2.05, 4.69) is 5.32 Å². The van der Waals surface area contributed by atoms with E-state index in [9.17, 15) is 19.5 Å². The minimum absolute atomic E-state index is 0.0170. The molecule has 2 aliphatic heterocycles. The fourth-order valence-electron chi connectivity index (χ4n) is 3.74. The molecule has 2 amide bonds. The summed E-state index contributed by atoms with van der Waals surface area (Å²) in [7, 11) is 0. The van der Waals surface area contributed by atoms with E-state index in [1.807, 2.05) is 0 Å². The minimum atomic E-state index is -0.862. The predicted molar refractivity (Wildman–Crippen MR) is 96.6 cm³/mol. The first kappa shape index (κ1) is 18.2. The molecular weight excluding hydrogens is 364 g/mol. The van der Waals surface area contributed by atoms with Crippen molar-refractivity contribution in [2.75, 3.05) is 13.2 Å². The number of hydrogen-bond donors (Lipinski definition) is 2. The molecule has 0 bridgehead atoms. The summed E-state index contributed by atoms with van der Waals surface area (Å²) >= 11 is 0. The third-order valence-corrected chi connectivity index (χ3v) is 5.16. The number of amides is 2. The van der Waals surface area contributed by atoms with E-state index in [0.29, 0.717) is 18.5 Å². The summed E-state index contributed by atoms with van der Waals surface area (Å²) in [6.07, 6.45) is 3.24. The molecule has 2 aliphatic rings. The number of aromatic hydroxyl groups is 1. The highest BCUT2D eigenvalue weighted by atomic mass is 16.5. The molecule has 3 heterocycles. The second kappa shape index (κ2) is 7.47. The number of likely N-dealkylation sites (tertiary alicyclic amines) is 1. The standard InChI is InChI=1S/C20H20N2O6/c23-14-3-1-12(2-4-14)9-15(21-19(25)13-6-8-27-10-13)20(26)22-7-5-17-18(22)16(24)11-28-17/h1-4,6,8,10,15,17-18,23H,5,7,9,11H2,(H,21,25). The van der Waals surface area contributed by atoms with Crippen molar-refractivity contribution in [2.24, 2.45) is 0 Å². The normalized spacial score (nSPS) is 22.1. The molecular formula is C20H20N2O6. The summed E-state index contributed by atoms with van der Waals surface area (Å²) in [4.78, 5) is 39.4. The summed E-state index contributed by atoms with van der Waals surface area (Å²) in [5, 5.41) is 12.2. The highest BCUT2D eigenvalue weighted by molar-refractivity contribution is 5.99. The van der Waals surface area contributed by atoms with Gasteiger partial charge in [-0.15, -0.1) is 0 Å². The summed E-state index contributed by atoms with van der Waals surface area (Å²) in [5.74, 6) is -0.752. The van der Waals surface area contributed by atoms with E-state index in [4.69, 9.17) is 9.15 Å². The van der Waals surface area contributed by atoms with Crippen molar-refractivity contribution in [3.63, 3.8) is 0 Å². The second-order valence-corrected chi connectivity index (χ2v) is 6.99. The summed E-state index contributed by atoms with van der Waals surface area (Å²) < 4.78 is 10.4. The zero-order valence-electron chi connectivity index (χ0n) is 15.0. The Morgan fingerprint density at radius 3 is 2.75 bits per heavy atom. The van der Waals surface area contributed by atoms with Crippen molar-refractivity contribution in [1.82, 2.24) is 10.2 Å². The number of hydrogen-bond acceptors (Lipinski definition) is 6. The molecule has 0 radical (unpaired) electrons. The van der Waals surface area contributed by atoms with Gasteiger partial charge in [-0.1, -0.05) is 12.1 Å². The van der Waals surface area contributed by atoms with Gasteiger partial charge in [0.25, 0.3) is 5.91 Å². The Labute approximate surface area is 161 Å². The van der Waals surface area contributed by atoms with Crippen LogP contribution < -0.4 is 5.32 Å². The van der Waals surface area contributed by atoms with Crippen molar-refractivity contribution in [3.8, 4) is 5.75 Å². The van der Waals surface area contributed by atoms with E-state index in [-0.39, 0.29) is 36.6 Å². The van der Waals surface area contributed by atoms with Gasteiger partial charge in [0, 0.05) is 13.0 Å². The van der Waals surface area contributed by atoms with Crippen molar-refractivity contribution < 1.29 is 28.6 Å². The molecule has 2 N–H and O–H groups in total. The molecule has 0 aliphatic carbocycles. The van der Waals surface area contributed by atoms with Crippen LogP contribution in [0.3, 0.4) is 0 Å². The summed E-state index contributed by atoms with van der Waals surface area (Å²) in [5.41, 5.74) is 1.08. The lowest BCUT2D eigenvalue weighted by molar-refractivity contribution is -0.138. The molecule has 146 valence electrons. The highest BCUT2D eigenvalue weighted by Crippen LogP contribution is 2.28. The van der Waals surface area contributed by atoms with Crippen LogP contribution in [0.25, 0.3) is 0 Å². The maximum Gasteiger partial charge on any atom is 0.255 e. The van der Waals surface area contributed by atoms with Crippen molar-refractivity contribution in [2.45, 2.75) is 31.0 Å². The van der Waals surface area contributed by atoms with E-state index < -0.39 is 18.0 Å². The number of furan rings is 1. The number of ketones is 1. The molecule has 2 saturated heterocycles. The first-order valence-corrected chi connectivity index (χ1v) is 9.08. The largest absolute Gasteiger partial charge is 0.508 e. The Bertz CT molecular complexity index is 877. The topological polar surface area (TPSA) is 109 Å². The smallest absolute Gasteiger partial charge is 0.255 e. The van der Waals surface area contributed by atoms with E-state index >= 15 is 0 Å². The number of ether oxygens (including phenoxy) is 1. The van der Waals surface area contributed by atoms with Crippen molar-refractivity contribution in [3.05, 3.63) is 54.0 Å². The van der Waals surface area contributed by atoms with Gasteiger partial charge in [-0.25, -0.2) is 0 Å².